The van der Waals surface area contributed by atoms with E-state index in [9.17, 15) is 18.0 Å². The molecule has 30 heavy (non-hydrogen) atoms. The molecule has 2 heterocycles. The van der Waals surface area contributed by atoms with Gasteiger partial charge in [0.25, 0.3) is 5.56 Å². The zero-order valence-corrected chi connectivity index (χ0v) is 16.1. The number of ether oxygens (including phenoxy) is 1. The molecule has 0 aliphatic heterocycles. The fourth-order valence-electron chi connectivity index (χ4n) is 2.79. The van der Waals surface area contributed by atoms with Crippen molar-refractivity contribution in [1.82, 2.24) is 19.6 Å². The number of rotatable bonds is 7. The van der Waals surface area contributed by atoms with Crippen molar-refractivity contribution in [3.8, 4) is 0 Å². The standard InChI is InChI=1S/C21H19F3N4O2/c1-3-18(30-21(22,23)24)8-5-15(2)16-6-7-17-14-26-28(20(29)19(17)13-16)12-11-27-10-4-9-25-27/h3-10,13-14H,1,11-12H2,2H3/b15-5+,18-8+. The molecular formula is C21H19F3N4O2. The van der Waals surface area contributed by atoms with E-state index in [1.54, 1.807) is 54.5 Å². The third-order valence-electron chi connectivity index (χ3n) is 4.34. The van der Waals surface area contributed by atoms with Crippen molar-refractivity contribution in [3.05, 3.63) is 89.3 Å². The molecule has 3 aromatic rings. The van der Waals surface area contributed by atoms with Gasteiger partial charge in [-0.05, 0) is 42.3 Å². The van der Waals surface area contributed by atoms with E-state index in [1.807, 2.05) is 0 Å². The van der Waals surface area contributed by atoms with Gasteiger partial charge in [-0.3, -0.25) is 9.48 Å². The average Bonchev–Trinajstić information content (AvgIpc) is 3.23. The van der Waals surface area contributed by atoms with Gasteiger partial charge in [-0.2, -0.15) is 10.2 Å². The second-order valence-electron chi connectivity index (χ2n) is 6.41. The Labute approximate surface area is 170 Å². The van der Waals surface area contributed by atoms with Gasteiger partial charge in [0.1, 0.15) is 5.76 Å². The number of nitrogens with zero attached hydrogens (tertiary/aromatic N) is 4. The number of hydrogen-bond donors (Lipinski definition) is 0. The van der Waals surface area contributed by atoms with Gasteiger partial charge in [-0.1, -0.05) is 24.8 Å². The number of alkyl halides is 3. The third kappa shape index (κ3) is 5.25. The van der Waals surface area contributed by atoms with E-state index in [4.69, 9.17) is 0 Å². The monoisotopic (exact) mass is 416 g/mol. The Balaban J connectivity index is 1.88. The summed E-state index contributed by atoms with van der Waals surface area (Å²) >= 11 is 0. The molecule has 0 fully saturated rings. The molecule has 0 N–H and O–H groups in total. The van der Waals surface area contributed by atoms with Gasteiger partial charge in [0.15, 0.2) is 0 Å². The van der Waals surface area contributed by atoms with Crippen LogP contribution < -0.4 is 5.56 Å². The van der Waals surface area contributed by atoms with Crippen molar-refractivity contribution in [2.75, 3.05) is 0 Å². The van der Waals surface area contributed by atoms with Crippen molar-refractivity contribution in [3.63, 3.8) is 0 Å². The van der Waals surface area contributed by atoms with Crippen LogP contribution in [0.5, 0.6) is 0 Å². The zero-order chi connectivity index (χ0) is 21.7. The Bertz CT molecular complexity index is 1160. The van der Waals surface area contributed by atoms with Crippen molar-refractivity contribution in [1.29, 1.82) is 0 Å². The summed E-state index contributed by atoms with van der Waals surface area (Å²) in [6.07, 6.45) is 3.89. The number of aryl methyl sites for hydroxylation is 2. The van der Waals surface area contributed by atoms with E-state index >= 15 is 0 Å². The SMILES string of the molecule is C=C/C(=C\C=C(/C)c1ccc2cnn(CCn3cccn3)c(=O)c2c1)OC(F)(F)F. The third-order valence-corrected chi connectivity index (χ3v) is 4.34. The highest BCUT2D eigenvalue weighted by atomic mass is 19.4. The van der Waals surface area contributed by atoms with Crippen LogP contribution in [-0.4, -0.2) is 25.9 Å². The molecule has 6 nitrogen and oxygen atoms in total. The minimum Gasteiger partial charge on any atom is -0.406 e. The molecule has 0 spiro atoms. The van der Waals surface area contributed by atoms with Crippen molar-refractivity contribution in [2.24, 2.45) is 0 Å². The first kappa shape index (κ1) is 21.1. The molecule has 0 saturated carbocycles. The Morgan fingerprint density at radius 2 is 2.03 bits per heavy atom. The van der Waals surface area contributed by atoms with E-state index in [1.165, 1.54) is 16.8 Å². The van der Waals surface area contributed by atoms with Crippen LogP contribution in [0.3, 0.4) is 0 Å². The predicted molar refractivity (Wildman–Crippen MR) is 107 cm³/mol. The lowest BCUT2D eigenvalue weighted by atomic mass is 10.0. The lowest BCUT2D eigenvalue weighted by Crippen LogP contribution is -2.25. The Morgan fingerprint density at radius 3 is 2.70 bits per heavy atom. The summed E-state index contributed by atoms with van der Waals surface area (Å²) in [5.74, 6) is -0.423. The van der Waals surface area contributed by atoms with Gasteiger partial charge in [0.2, 0.25) is 0 Å². The molecule has 0 saturated heterocycles. The fourth-order valence-corrected chi connectivity index (χ4v) is 2.79. The van der Waals surface area contributed by atoms with Crippen LogP contribution in [0.1, 0.15) is 12.5 Å². The van der Waals surface area contributed by atoms with Crippen LogP contribution in [0.2, 0.25) is 0 Å². The normalized spacial score (nSPS) is 12.9. The average molecular weight is 416 g/mol. The Hall–Kier alpha value is -3.62. The van der Waals surface area contributed by atoms with E-state index in [2.05, 4.69) is 21.5 Å². The number of aromatic nitrogens is 4. The summed E-state index contributed by atoms with van der Waals surface area (Å²) in [5, 5.41) is 9.43. The van der Waals surface area contributed by atoms with Gasteiger partial charge in [0, 0.05) is 17.8 Å². The largest absolute Gasteiger partial charge is 0.573 e. The molecule has 0 radical (unpaired) electrons. The van der Waals surface area contributed by atoms with E-state index in [-0.39, 0.29) is 5.56 Å². The maximum atomic E-state index is 12.8. The molecule has 0 atom stereocenters. The molecule has 2 aromatic heterocycles. The van der Waals surface area contributed by atoms with Crippen molar-refractivity contribution >= 4 is 16.3 Å². The molecule has 0 aliphatic rings. The second-order valence-corrected chi connectivity index (χ2v) is 6.41. The summed E-state index contributed by atoms with van der Waals surface area (Å²) in [6, 6.07) is 7.01. The lowest BCUT2D eigenvalue weighted by molar-refractivity contribution is -0.303. The highest BCUT2D eigenvalue weighted by Gasteiger charge is 2.31. The molecular weight excluding hydrogens is 397 g/mol. The van der Waals surface area contributed by atoms with E-state index < -0.39 is 12.1 Å². The van der Waals surface area contributed by atoms with Crippen LogP contribution in [0.15, 0.2) is 78.2 Å². The molecule has 0 aliphatic carbocycles. The van der Waals surface area contributed by atoms with Crippen LogP contribution in [-0.2, 0) is 17.8 Å². The fraction of sp³-hybridized carbons (Fsp3) is 0.190. The molecule has 9 heteroatoms. The van der Waals surface area contributed by atoms with Crippen LogP contribution in [0.4, 0.5) is 13.2 Å². The lowest BCUT2D eigenvalue weighted by Gasteiger charge is -2.09. The predicted octanol–water partition coefficient (Wildman–Crippen LogP) is 4.30. The smallest absolute Gasteiger partial charge is 0.406 e. The minimum absolute atomic E-state index is 0.253. The maximum absolute atomic E-state index is 12.8. The van der Waals surface area contributed by atoms with E-state index in [0.717, 1.165) is 6.08 Å². The topological polar surface area (TPSA) is 61.9 Å². The molecule has 3 rings (SSSR count). The van der Waals surface area contributed by atoms with Crippen LogP contribution in [0, 0.1) is 0 Å². The molecule has 0 bridgehead atoms. The quantitative estimate of drug-likeness (QED) is 0.426. The first-order valence-corrected chi connectivity index (χ1v) is 9.01. The van der Waals surface area contributed by atoms with Crippen LogP contribution in [0.25, 0.3) is 16.3 Å². The number of halogens is 3. The first-order chi connectivity index (χ1) is 14.3. The summed E-state index contributed by atoms with van der Waals surface area (Å²) < 4.78 is 44.0. The van der Waals surface area contributed by atoms with Gasteiger partial charge in [0.05, 0.1) is 24.7 Å². The van der Waals surface area contributed by atoms with Gasteiger partial charge in [-0.15, -0.1) is 13.2 Å². The van der Waals surface area contributed by atoms with Crippen LogP contribution >= 0.6 is 0 Å². The number of benzene rings is 1. The summed E-state index contributed by atoms with van der Waals surface area (Å²) in [7, 11) is 0. The first-order valence-electron chi connectivity index (χ1n) is 9.01. The van der Waals surface area contributed by atoms with Gasteiger partial charge < -0.3 is 4.74 Å². The maximum Gasteiger partial charge on any atom is 0.573 e. The zero-order valence-electron chi connectivity index (χ0n) is 16.1. The second kappa shape index (κ2) is 8.81. The number of hydrogen-bond acceptors (Lipinski definition) is 4. The molecule has 156 valence electrons. The van der Waals surface area contributed by atoms with Crippen molar-refractivity contribution < 1.29 is 17.9 Å². The van der Waals surface area contributed by atoms with E-state index in [0.29, 0.717) is 35.0 Å². The summed E-state index contributed by atoms with van der Waals surface area (Å²) in [6.45, 7) is 5.90. The molecule has 0 amide bonds. The highest BCUT2D eigenvalue weighted by Crippen LogP contribution is 2.23. The Morgan fingerprint density at radius 1 is 1.23 bits per heavy atom. The molecule has 0 unspecified atom stereocenters. The van der Waals surface area contributed by atoms with Gasteiger partial charge in [-0.25, -0.2) is 4.68 Å². The number of allylic oxidation sites excluding steroid dienone is 4. The highest BCUT2D eigenvalue weighted by molar-refractivity contribution is 5.84. The van der Waals surface area contributed by atoms with Crippen molar-refractivity contribution in [2.45, 2.75) is 26.4 Å². The summed E-state index contributed by atoms with van der Waals surface area (Å²) in [4.78, 5) is 12.8. The number of fused-ring (bicyclic) bond motifs is 1. The Kier molecular flexibility index (Phi) is 6.20. The minimum atomic E-state index is -4.79. The van der Waals surface area contributed by atoms with Gasteiger partial charge >= 0.3 is 6.36 Å². The summed E-state index contributed by atoms with van der Waals surface area (Å²) in [5.41, 5.74) is 1.09. The molecule has 1 aromatic carbocycles.